The fraction of sp³-hybridized carbons (Fsp3) is 0.310. The van der Waals surface area contributed by atoms with Gasteiger partial charge in [0.25, 0.3) is 11.8 Å². The first-order valence-corrected chi connectivity index (χ1v) is 12.6. The van der Waals surface area contributed by atoms with Crippen LogP contribution in [-0.4, -0.2) is 65.4 Å². The van der Waals surface area contributed by atoms with Crippen LogP contribution in [0.4, 0.5) is 11.4 Å². The zero-order valence-electron chi connectivity index (χ0n) is 21.9. The molecule has 38 heavy (non-hydrogen) atoms. The van der Waals surface area contributed by atoms with Crippen molar-refractivity contribution in [3.05, 3.63) is 82.9 Å². The number of likely N-dealkylation sites (N-methyl/N-ethyl adjacent to an activating group) is 1. The number of hydrogen-bond acceptors (Lipinski definition) is 7. The summed E-state index contributed by atoms with van der Waals surface area (Å²) in [5.41, 5.74) is 5.01. The third-order valence-electron chi connectivity index (χ3n) is 6.93. The van der Waals surface area contributed by atoms with Crippen molar-refractivity contribution in [2.75, 3.05) is 43.0 Å². The molecule has 0 aromatic heterocycles. The van der Waals surface area contributed by atoms with Crippen LogP contribution in [-0.2, 0) is 6.54 Å². The van der Waals surface area contributed by atoms with Gasteiger partial charge in [-0.15, -0.1) is 0 Å². The molecule has 200 valence electrons. The van der Waals surface area contributed by atoms with Crippen molar-refractivity contribution >= 4 is 23.2 Å². The van der Waals surface area contributed by atoms with E-state index in [1.165, 1.54) is 12.1 Å². The van der Waals surface area contributed by atoms with Gasteiger partial charge in [0.2, 0.25) is 0 Å². The molecule has 1 fully saturated rings. The maximum atomic E-state index is 13.9. The topological polar surface area (TPSA) is 117 Å². The first-order chi connectivity index (χ1) is 18.2. The molecular formula is C29H34N4O5. The highest BCUT2D eigenvalue weighted by atomic mass is 16.5. The van der Waals surface area contributed by atoms with Crippen LogP contribution in [0.3, 0.4) is 0 Å². The van der Waals surface area contributed by atoms with E-state index in [2.05, 4.69) is 16.8 Å². The van der Waals surface area contributed by atoms with Crippen molar-refractivity contribution in [3.8, 4) is 11.5 Å². The zero-order chi connectivity index (χ0) is 27.4. The Morgan fingerprint density at radius 1 is 0.921 bits per heavy atom. The van der Waals surface area contributed by atoms with Crippen LogP contribution >= 0.6 is 0 Å². The Kier molecular flexibility index (Phi) is 8.19. The van der Waals surface area contributed by atoms with E-state index in [0.29, 0.717) is 11.3 Å². The summed E-state index contributed by atoms with van der Waals surface area (Å²) in [5.74, 6) is -1.46. The number of phenols is 2. The van der Waals surface area contributed by atoms with Gasteiger partial charge in [0.05, 0.1) is 12.1 Å². The van der Waals surface area contributed by atoms with Crippen LogP contribution in [0.1, 0.15) is 51.6 Å². The number of amides is 2. The molecule has 1 aliphatic heterocycles. The van der Waals surface area contributed by atoms with Crippen LogP contribution in [0.2, 0.25) is 0 Å². The van der Waals surface area contributed by atoms with Crippen LogP contribution in [0.15, 0.2) is 60.7 Å². The lowest BCUT2D eigenvalue weighted by Crippen LogP contribution is -2.44. The lowest BCUT2D eigenvalue weighted by Gasteiger charge is -2.34. The average molecular weight is 519 g/mol. The van der Waals surface area contributed by atoms with Crippen LogP contribution in [0.5, 0.6) is 11.5 Å². The van der Waals surface area contributed by atoms with E-state index in [1.807, 2.05) is 38.1 Å². The van der Waals surface area contributed by atoms with Crippen LogP contribution in [0.25, 0.3) is 0 Å². The molecule has 0 unspecified atom stereocenters. The largest absolute Gasteiger partial charge is 0.508 e. The SMILES string of the molecule is CC(C)c1cc(C(=O)N(Cc2ccc(C(=O)NO)cc2)c2ccc(N3CCN(C)CC3)cc2)c(O)cc1O. The summed E-state index contributed by atoms with van der Waals surface area (Å²) in [6, 6.07) is 17.1. The molecule has 0 saturated carbocycles. The van der Waals surface area contributed by atoms with Gasteiger partial charge in [0.15, 0.2) is 0 Å². The van der Waals surface area contributed by atoms with Gasteiger partial charge in [-0.3, -0.25) is 14.8 Å². The summed E-state index contributed by atoms with van der Waals surface area (Å²) in [7, 11) is 2.11. The standard InChI is InChI=1S/C29H34N4O5/c1-19(2)24-16-25(27(35)17-26(24)34)29(37)33(18-20-4-6-21(7-5-20)28(36)30-38)23-10-8-22(9-11-23)32-14-12-31(3)13-15-32/h4-11,16-17,19,34-35,38H,12-15,18H2,1-3H3,(H,30,36). The molecule has 1 aliphatic rings. The molecule has 1 heterocycles. The lowest BCUT2D eigenvalue weighted by atomic mass is 9.98. The smallest absolute Gasteiger partial charge is 0.274 e. The molecule has 0 atom stereocenters. The number of carbonyl (C=O) groups excluding carboxylic acids is 2. The van der Waals surface area contributed by atoms with Crippen molar-refractivity contribution in [2.24, 2.45) is 0 Å². The summed E-state index contributed by atoms with van der Waals surface area (Å²) in [5, 5.41) is 29.8. The van der Waals surface area contributed by atoms with Crippen molar-refractivity contribution in [2.45, 2.75) is 26.3 Å². The molecule has 4 N–H and O–H groups in total. The number of rotatable bonds is 7. The van der Waals surface area contributed by atoms with Gasteiger partial charge >= 0.3 is 0 Å². The summed E-state index contributed by atoms with van der Waals surface area (Å²) < 4.78 is 0. The molecule has 4 rings (SSSR count). The monoisotopic (exact) mass is 518 g/mol. The maximum Gasteiger partial charge on any atom is 0.274 e. The Morgan fingerprint density at radius 2 is 1.55 bits per heavy atom. The minimum atomic E-state index is -0.626. The lowest BCUT2D eigenvalue weighted by molar-refractivity contribution is 0.0706. The quantitative estimate of drug-likeness (QED) is 0.277. The minimum absolute atomic E-state index is 0.0521. The van der Waals surface area contributed by atoms with E-state index in [1.54, 1.807) is 34.6 Å². The number of phenolic OH excluding ortho intramolecular Hbond substituents is 2. The number of nitrogens with zero attached hydrogens (tertiary/aromatic N) is 3. The van der Waals surface area contributed by atoms with E-state index >= 15 is 0 Å². The van der Waals surface area contributed by atoms with Gasteiger partial charge in [-0.2, -0.15) is 0 Å². The van der Waals surface area contributed by atoms with E-state index in [0.717, 1.165) is 37.4 Å². The third-order valence-corrected chi connectivity index (χ3v) is 6.93. The second kappa shape index (κ2) is 11.5. The van der Waals surface area contributed by atoms with E-state index in [4.69, 9.17) is 5.21 Å². The molecular weight excluding hydrogens is 484 g/mol. The molecule has 9 nitrogen and oxygen atoms in total. The Morgan fingerprint density at radius 3 is 2.13 bits per heavy atom. The molecule has 0 aliphatic carbocycles. The number of anilines is 2. The van der Waals surface area contributed by atoms with Gasteiger partial charge in [-0.1, -0.05) is 26.0 Å². The third kappa shape index (κ3) is 5.90. The Balaban J connectivity index is 1.68. The minimum Gasteiger partial charge on any atom is -0.508 e. The highest BCUT2D eigenvalue weighted by Gasteiger charge is 2.24. The molecule has 1 saturated heterocycles. The van der Waals surface area contributed by atoms with Crippen molar-refractivity contribution < 1.29 is 25.0 Å². The number of hydroxylamine groups is 1. The molecule has 0 bridgehead atoms. The van der Waals surface area contributed by atoms with Crippen molar-refractivity contribution in [1.82, 2.24) is 10.4 Å². The number of carbonyl (C=O) groups is 2. The fourth-order valence-electron chi connectivity index (χ4n) is 4.57. The van der Waals surface area contributed by atoms with E-state index in [-0.39, 0.29) is 35.1 Å². The summed E-state index contributed by atoms with van der Waals surface area (Å²) >= 11 is 0. The Bertz CT molecular complexity index is 1280. The van der Waals surface area contributed by atoms with E-state index < -0.39 is 11.8 Å². The van der Waals surface area contributed by atoms with Gasteiger partial charge in [0.1, 0.15) is 11.5 Å². The van der Waals surface area contributed by atoms with Gasteiger partial charge in [0, 0.05) is 49.2 Å². The van der Waals surface area contributed by atoms with Crippen LogP contribution in [0, 0.1) is 0 Å². The molecule has 3 aromatic rings. The van der Waals surface area contributed by atoms with Gasteiger partial charge in [-0.05, 0) is 66.6 Å². The number of nitrogens with one attached hydrogen (secondary N) is 1. The predicted molar refractivity (Wildman–Crippen MR) is 146 cm³/mol. The number of hydrogen-bond donors (Lipinski definition) is 4. The average Bonchev–Trinajstić information content (AvgIpc) is 2.91. The summed E-state index contributed by atoms with van der Waals surface area (Å²) in [6.45, 7) is 7.78. The fourth-order valence-corrected chi connectivity index (χ4v) is 4.57. The molecule has 0 spiro atoms. The summed E-state index contributed by atoms with van der Waals surface area (Å²) in [6.07, 6.45) is 0. The number of piperazine rings is 1. The number of benzene rings is 3. The zero-order valence-corrected chi connectivity index (χ0v) is 21.9. The van der Waals surface area contributed by atoms with Gasteiger partial charge < -0.3 is 24.9 Å². The Labute approximate surface area is 222 Å². The first kappa shape index (κ1) is 27.0. The Hall–Kier alpha value is -4.08. The number of aromatic hydroxyl groups is 2. The molecule has 9 heteroatoms. The second-order valence-corrected chi connectivity index (χ2v) is 9.92. The van der Waals surface area contributed by atoms with Crippen molar-refractivity contribution in [1.29, 1.82) is 0 Å². The molecule has 3 aromatic carbocycles. The maximum absolute atomic E-state index is 13.9. The van der Waals surface area contributed by atoms with E-state index in [9.17, 15) is 19.8 Å². The second-order valence-electron chi connectivity index (χ2n) is 9.92. The summed E-state index contributed by atoms with van der Waals surface area (Å²) in [4.78, 5) is 31.7. The highest BCUT2D eigenvalue weighted by Crippen LogP contribution is 2.34. The molecule has 0 radical (unpaired) electrons. The molecule has 2 amide bonds. The highest BCUT2D eigenvalue weighted by molar-refractivity contribution is 6.08. The van der Waals surface area contributed by atoms with Gasteiger partial charge in [-0.25, -0.2) is 5.48 Å². The predicted octanol–water partition coefficient (Wildman–Crippen LogP) is 3.94. The van der Waals surface area contributed by atoms with Crippen LogP contribution < -0.4 is 15.3 Å². The van der Waals surface area contributed by atoms with Crippen molar-refractivity contribution in [3.63, 3.8) is 0 Å². The first-order valence-electron chi connectivity index (χ1n) is 12.6. The normalized spacial score (nSPS) is 14.0.